The summed E-state index contributed by atoms with van der Waals surface area (Å²) in [5.74, 6) is 0.509. The van der Waals surface area contributed by atoms with Gasteiger partial charge in [0.15, 0.2) is 5.96 Å². The highest BCUT2D eigenvalue weighted by atomic mass is 127. The van der Waals surface area contributed by atoms with Crippen molar-refractivity contribution in [3.8, 4) is 0 Å². The molecule has 1 aromatic rings. The average molecular weight is 409 g/mol. The molecule has 0 bridgehead atoms. The Morgan fingerprint density at radius 2 is 2.19 bits per heavy atom. The van der Waals surface area contributed by atoms with Crippen LogP contribution in [0.2, 0.25) is 0 Å². The van der Waals surface area contributed by atoms with Crippen molar-refractivity contribution in [2.24, 2.45) is 10.7 Å². The Morgan fingerprint density at radius 3 is 2.81 bits per heavy atom. The Labute approximate surface area is 144 Å². The molecule has 0 aliphatic rings. The highest BCUT2D eigenvalue weighted by Gasteiger charge is 1.99. The topological polar surface area (TPSA) is 77.5 Å². The van der Waals surface area contributed by atoms with E-state index in [2.05, 4.69) is 28.4 Å². The lowest BCUT2D eigenvalue weighted by Crippen LogP contribution is -2.33. The number of rotatable bonds is 9. The van der Waals surface area contributed by atoms with Crippen LogP contribution in [0.3, 0.4) is 0 Å². The largest absolute Gasteiger partial charge is 0.382 e. The van der Waals surface area contributed by atoms with E-state index in [9.17, 15) is 0 Å². The molecule has 0 atom stereocenters. The molecule has 1 aromatic heterocycles. The number of hydrogen-bond acceptors (Lipinski definition) is 3. The molecule has 1 heterocycles. The molecule has 0 aliphatic heterocycles. The van der Waals surface area contributed by atoms with Crippen molar-refractivity contribution in [1.29, 1.82) is 0 Å². The molecular formula is C14H28IN5O. The smallest absolute Gasteiger partial charge is 0.188 e. The Kier molecular flexibility index (Phi) is 11.3. The van der Waals surface area contributed by atoms with Gasteiger partial charge in [0.1, 0.15) is 0 Å². The van der Waals surface area contributed by atoms with E-state index in [-0.39, 0.29) is 24.0 Å². The summed E-state index contributed by atoms with van der Waals surface area (Å²) in [6.07, 6.45) is 1.87. The van der Waals surface area contributed by atoms with E-state index in [0.29, 0.717) is 12.5 Å². The van der Waals surface area contributed by atoms with Gasteiger partial charge >= 0.3 is 0 Å². The van der Waals surface area contributed by atoms with Crippen LogP contribution in [0, 0.1) is 13.8 Å². The molecule has 7 heteroatoms. The quantitative estimate of drug-likeness (QED) is 0.283. The predicted octanol–water partition coefficient (Wildman–Crippen LogP) is 1.84. The summed E-state index contributed by atoms with van der Waals surface area (Å²) in [6.45, 7) is 9.97. The Morgan fingerprint density at radius 1 is 1.43 bits per heavy atom. The summed E-state index contributed by atoms with van der Waals surface area (Å²) in [5.41, 5.74) is 8.02. The summed E-state index contributed by atoms with van der Waals surface area (Å²) < 4.78 is 7.26. The van der Waals surface area contributed by atoms with Crippen LogP contribution in [0.5, 0.6) is 0 Å². The monoisotopic (exact) mass is 409 g/mol. The van der Waals surface area contributed by atoms with Gasteiger partial charge < -0.3 is 15.8 Å². The summed E-state index contributed by atoms with van der Waals surface area (Å²) in [5, 5.41) is 7.49. The summed E-state index contributed by atoms with van der Waals surface area (Å²) in [6, 6.07) is 2.08. The predicted molar refractivity (Wildman–Crippen MR) is 97.3 cm³/mol. The molecule has 6 nitrogen and oxygen atoms in total. The number of nitrogens with one attached hydrogen (secondary N) is 1. The van der Waals surface area contributed by atoms with Crippen LogP contribution in [-0.4, -0.2) is 42.0 Å². The first kappa shape index (κ1) is 20.2. The average Bonchev–Trinajstić information content (AvgIpc) is 2.73. The van der Waals surface area contributed by atoms with Crippen LogP contribution in [0.1, 0.15) is 31.2 Å². The zero-order valence-electron chi connectivity index (χ0n) is 13.3. The normalized spacial score (nSPS) is 11.3. The van der Waals surface area contributed by atoms with Crippen LogP contribution in [0.15, 0.2) is 11.1 Å². The van der Waals surface area contributed by atoms with Gasteiger partial charge in [0.25, 0.3) is 0 Å². The number of nitrogens with two attached hydrogens (primary N) is 1. The highest BCUT2D eigenvalue weighted by Crippen LogP contribution is 2.02. The number of ether oxygens (including phenoxy) is 1. The van der Waals surface area contributed by atoms with Gasteiger partial charge in [-0.2, -0.15) is 5.10 Å². The zero-order chi connectivity index (χ0) is 14.8. The third-order valence-corrected chi connectivity index (χ3v) is 2.89. The lowest BCUT2D eigenvalue weighted by molar-refractivity contribution is 0.145. The fourth-order valence-electron chi connectivity index (χ4n) is 1.91. The highest BCUT2D eigenvalue weighted by molar-refractivity contribution is 14.0. The second-order valence-electron chi connectivity index (χ2n) is 4.75. The maximum Gasteiger partial charge on any atom is 0.188 e. The van der Waals surface area contributed by atoms with Crippen LogP contribution in [0.4, 0.5) is 0 Å². The number of aryl methyl sites for hydroxylation is 3. The molecule has 21 heavy (non-hydrogen) atoms. The van der Waals surface area contributed by atoms with Gasteiger partial charge in [-0.1, -0.05) is 0 Å². The van der Waals surface area contributed by atoms with Crippen molar-refractivity contribution >= 4 is 29.9 Å². The number of halogens is 1. The minimum Gasteiger partial charge on any atom is -0.382 e. The number of aliphatic imine (C=N–C) groups is 1. The first-order valence-electron chi connectivity index (χ1n) is 7.26. The van der Waals surface area contributed by atoms with Crippen LogP contribution in [0.25, 0.3) is 0 Å². The fraction of sp³-hybridized carbons (Fsp3) is 0.714. The zero-order valence-corrected chi connectivity index (χ0v) is 15.6. The van der Waals surface area contributed by atoms with E-state index in [1.54, 1.807) is 0 Å². The first-order chi connectivity index (χ1) is 9.63. The first-order valence-corrected chi connectivity index (χ1v) is 7.26. The number of hydrogen-bond donors (Lipinski definition) is 2. The third kappa shape index (κ3) is 8.92. The second-order valence-corrected chi connectivity index (χ2v) is 4.75. The fourth-order valence-corrected chi connectivity index (χ4v) is 1.91. The molecule has 3 N–H and O–H groups in total. The molecule has 1 rings (SSSR count). The van der Waals surface area contributed by atoms with Crippen LogP contribution >= 0.6 is 24.0 Å². The molecule has 0 spiro atoms. The maximum absolute atomic E-state index is 5.78. The number of guanidine groups is 1. The van der Waals surface area contributed by atoms with Crippen molar-refractivity contribution in [2.75, 3.05) is 26.3 Å². The number of nitrogens with zero attached hydrogens (tertiary/aromatic N) is 3. The van der Waals surface area contributed by atoms with Gasteiger partial charge in [-0.25, -0.2) is 0 Å². The minimum atomic E-state index is 0. The Bertz CT molecular complexity index is 419. The van der Waals surface area contributed by atoms with Crippen LogP contribution < -0.4 is 11.1 Å². The summed E-state index contributed by atoms with van der Waals surface area (Å²) in [7, 11) is 0. The molecule has 0 aromatic carbocycles. The number of aromatic nitrogens is 2. The van der Waals surface area contributed by atoms with Gasteiger partial charge in [0.05, 0.1) is 5.69 Å². The van der Waals surface area contributed by atoms with Crippen molar-refractivity contribution in [2.45, 2.75) is 40.2 Å². The van der Waals surface area contributed by atoms with E-state index in [0.717, 1.165) is 44.8 Å². The molecule has 0 saturated heterocycles. The molecule has 0 saturated carbocycles. The van der Waals surface area contributed by atoms with E-state index >= 15 is 0 Å². The van der Waals surface area contributed by atoms with Crippen molar-refractivity contribution in [1.82, 2.24) is 15.1 Å². The summed E-state index contributed by atoms with van der Waals surface area (Å²) in [4.78, 5) is 4.29. The van der Waals surface area contributed by atoms with E-state index < -0.39 is 0 Å². The molecule has 0 fully saturated rings. The SMILES string of the molecule is CCOCCCNC(N)=NCCCn1nc(C)cc1C.I. The van der Waals surface area contributed by atoms with Gasteiger partial charge in [-0.3, -0.25) is 9.67 Å². The van der Waals surface area contributed by atoms with Crippen molar-refractivity contribution in [3.05, 3.63) is 17.5 Å². The molecule has 122 valence electrons. The molecule has 0 aliphatic carbocycles. The summed E-state index contributed by atoms with van der Waals surface area (Å²) >= 11 is 0. The maximum atomic E-state index is 5.78. The van der Waals surface area contributed by atoms with Gasteiger partial charge in [0.2, 0.25) is 0 Å². The van der Waals surface area contributed by atoms with E-state index in [4.69, 9.17) is 10.5 Å². The van der Waals surface area contributed by atoms with Gasteiger partial charge in [-0.15, -0.1) is 24.0 Å². The molecule has 0 amide bonds. The Hall–Kier alpha value is -0.830. The lowest BCUT2D eigenvalue weighted by Gasteiger charge is -2.06. The van der Waals surface area contributed by atoms with E-state index in [1.807, 2.05) is 18.5 Å². The Balaban J connectivity index is 0.00000400. The standard InChI is InChI=1S/C14H27N5O.HI/c1-4-20-10-6-8-17-14(15)16-7-5-9-19-13(3)11-12(2)18-19;/h11H,4-10H2,1-3H3,(H3,15,16,17);1H. The lowest BCUT2D eigenvalue weighted by atomic mass is 10.4. The van der Waals surface area contributed by atoms with Gasteiger partial charge in [0, 0.05) is 38.5 Å². The molecule has 0 unspecified atom stereocenters. The van der Waals surface area contributed by atoms with Crippen molar-refractivity contribution < 1.29 is 4.74 Å². The van der Waals surface area contributed by atoms with Crippen LogP contribution in [-0.2, 0) is 11.3 Å². The van der Waals surface area contributed by atoms with Crippen molar-refractivity contribution in [3.63, 3.8) is 0 Å². The third-order valence-electron chi connectivity index (χ3n) is 2.89. The van der Waals surface area contributed by atoms with Gasteiger partial charge in [-0.05, 0) is 39.7 Å². The minimum absolute atomic E-state index is 0. The molecule has 0 radical (unpaired) electrons. The molecular weight excluding hydrogens is 381 g/mol. The van der Waals surface area contributed by atoms with E-state index in [1.165, 1.54) is 5.69 Å². The second kappa shape index (κ2) is 11.8.